The van der Waals surface area contributed by atoms with Gasteiger partial charge in [-0.3, -0.25) is 9.91 Å². The largest absolute Gasteiger partial charge is 0.383 e. The van der Waals surface area contributed by atoms with Gasteiger partial charge in [-0.1, -0.05) is 72.3 Å². The molecule has 1 fully saturated rings. The molecule has 0 unspecified atom stereocenters. The fourth-order valence-electron chi connectivity index (χ4n) is 5.04. The molecule has 1 aliphatic heterocycles. The lowest BCUT2D eigenvalue weighted by Crippen LogP contribution is -2.43. The van der Waals surface area contributed by atoms with Crippen molar-refractivity contribution in [1.82, 2.24) is 19.8 Å². The Labute approximate surface area is 248 Å². The van der Waals surface area contributed by atoms with Crippen LogP contribution in [0, 0.1) is 0 Å². The summed E-state index contributed by atoms with van der Waals surface area (Å²) in [6.45, 7) is 6.08. The van der Waals surface area contributed by atoms with E-state index in [-0.39, 0.29) is 0 Å². The van der Waals surface area contributed by atoms with Crippen molar-refractivity contribution in [2.45, 2.75) is 19.5 Å². The number of nitrogens with two attached hydrogens (primary N) is 1. The van der Waals surface area contributed by atoms with E-state index in [1.54, 1.807) is 0 Å². The van der Waals surface area contributed by atoms with E-state index in [1.165, 1.54) is 11.1 Å². The van der Waals surface area contributed by atoms with Crippen LogP contribution >= 0.6 is 11.6 Å². The highest BCUT2D eigenvalue weighted by molar-refractivity contribution is 6.31. The molecule has 2 heterocycles. The van der Waals surface area contributed by atoms with E-state index in [0.29, 0.717) is 23.8 Å². The fraction of sp³-hybridized carbons (Fsp3) is 0.265. The lowest BCUT2D eigenvalue weighted by Gasteiger charge is -2.32. The Morgan fingerprint density at radius 3 is 2.54 bits per heavy atom. The van der Waals surface area contributed by atoms with Gasteiger partial charge in [0, 0.05) is 74.1 Å². The number of anilines is 1. The summed E-state index contributed by atoms with van der Waals surface area (Å²) in [4.78, 5) is 9.49. The number of benzene rings is 2. The van der Waals surface area contributed by atoms with Gasteiger partial charge < -0.3 is 10.6 Å². The minimum atomic E-state index is 0.443. The van der Waals surface area contributed by atoms with Crippen molar-refractivity contribution in [3.63, 3.8) is 0 Å². The van der Waals surface area contributed by atoms with Crippen LogP contribution in [0.25, 0.3) is 11.1 Å². The number of nitrogens with zero attached hydrogens (tertiary/aromatic N) is 5. The standard InChI is InChI=1S/C34H37ClN6/c1-39-16-18-41(19-17-39)25-27-12-14-29(15-13-27)30-22-32(34(36)37-23-30)33(21-28-10-6-7-11-31(35)20-28)38-40(2)24-26-8-4-3-5-9-26/h3-9,11-15,20,22-23H,16-19,21,24-25H2,1-2H3,(H2,36,37)/b38-33+. The number of nitrogen functional groups attached to an aromatic ring is 1. The first-order chi connectivity index (χ1) is 19.9. The summed E-state index contributed by atoms with van der Waals surface area (Å²) < 4.78 is 0. The van der Waals surface area contributed by atoms with Crippen molar-refractivity contribution in [2.75, 3.05) is 46.0 Å². The van der Waals surface area contributed by atoms with Crippen LogP contribution in [0.1, 0.15) is 23.1 Å². The van der Waals surface area contributed by atoms with E-state index < -0.39 is 0 Å². The Kier molecular flexibility index (Phi) is 9.50. The van der Waals surface area contributed by atoms with Crippen molar-refractivity contribution in [1.29, 1.82) is 0 Å². The smallest absolute Gasteiger partial charge is 0.132 e. The molecular formula is C34H37ClN6. The van der Waals surface area contributed by atoms with Crippen molar-refractivity contribution < 1.29 is 0 Å². The fourth-order valence-corrected chi connectivity index (χ4v) is 5.24. The maximum absolute atomic E-state index is 6.49. The molecule has 0 amide bonds. The van der Waals surface area contributed by atoms with Gasteiger partial charge in [-0.2, -0.15) is 5.10 Å². The number of hydrazone groups is 1. The molecule has 0 saturated carbocycles. The molecule has 2 N–H and O–H groups in total. The highest BCUT2D eigenvalue weighted by atomic mass is 35.5. The van der Waals surface area contributed by atoms with Crippen molar-refractivity contribution in [3.8, 4) is 11.1 Å². The summed E-state index contributed by atoms with van der Waals surface area (Å²) in [5.41, 5.74) is 16.9. The highest BCUT2D eigenvalue weighted by Crippen LogP contribution is 2.26. The Morgan fingerprint density at radius 1 is 1.02 bits per heavy atom. The molecule has 2 aromatic carbocycles. The van der Waals surface area contributed by atoms with Crippen molar-refractivity contribution in [3.05, 3.63) is 124 Å². The predicted molar refractivity (Wildman–Crippen MR) is 171 cm³/mol. The quantitative estimate of drug-likeness (QED) is 0.194. The SMILES string of the molecule is CN1CCN(Cc2ccc(-c3cnc(N)c(/C(CC4=C=CC=CC(Cl)=C4)=N/N(C)Cc4ccccc4)c3)cc2)CC1. The molecule has 210 valence electrons. The maximum atomic E-state index is 6.49. The van der Waals surface area contributed by atoms with Gasteiger partial charge in [0.25, 0.3) is 0 Å². The maximum Gasteiger partial charge on any atom is 0.132 e. The zero-order chi connectivity index (χ0) is 28.6. The van der Waals surface area contributed by atoms with Gasteiger partial charge in [0.1, 0.15) is 5.82 Å². The molecule has 1 aromatic heterocycles. The van der Waals surface area contributed by atoms with E-state index in [0.717, 1.165) is 60.7 Å². The molecule has 1 aliphatic carbocycles. The molecule has 0 atom stereocenters. The number of hydrogen-bond acceptors (Lipinski definition) is 6. The zero-order valence-corrected chi connectivity index (χ0v) is 24.6. The van der Waals surface area contributed by atoms with Gasteiger partial charge in [0.2, 0.25) is 0 Å². The number of pyridine rings is 1. The number of rotatable bonds is 9. The minimum Gasteiger partial charge on any atom is -0.383 e. The van der Waals surface area contributed by atoms with Crippen LogP contribution in [0.2, 0.25) is 0 Å². The van der Waals surface area contributed by atoms with Gasteiger partial charge in [0.05, 0.1) is 12.3 Å². The summed E-state index contributed by atoms with van der Waals surface area (Å²) in [5.74, 6) is 0.443. The molecule has 6 nitrogen and oxygen atoms in total. The molecule has 3 aromatic rings. The molecular weight excluding hydrogens is 528 g/mol. The third-order valence-electron chi connectivity index (χ3n) is 7.35. The lowest BCUT2D eigenvalue weighted by molar-refractivity contribution is 0.148. The monoisotopic (exact) mass is 564 g/mol. The summed E-state index contributed by atoms with van der Waals surface area (Å²) in [5, 5.41) is 7.61. The summed E-state index contributed by atoms with van der Waals surface area (Å²) >= 11 is 6.38. The average molecular weight is 565 g/mol. The number of halogens is 1. The Hall–Kier alpha value is -3.93. The van der Waals surface area contributed by atoms with Crippen LogP contribution in [-0.4, -0.2) is 65.8 Å². The first-order valence-corrected chi connectivity index (χ1v) is 14.4. The summed E-state index contributed by atoms with van der Waals surface area (Å²) in [6, 6.07) is 21.2. The van der Waals surface area contributed by atoms with Gasteiger partial charge in [-0.25, -0.2) is 4.98 Å². The molecule has 0 spiro atoms. The van der Waals surface area contributed by atoms with Crippen LogP contribution in [-0.2, 0) is 13.1 Å². The van der Waals surface area contributed by atoms with Gasteiger partial charge in [-0.15, -0.1) is 5.73 Å². The first kappa shape index (κ1) is 28.6. The minimum absolute atomic E-state index is 0.443. The number of allylic oxidation sites excluding steroid dienone is 5. The Morgan fingerprint density at radius 2 is 1.78 bits per heavy atom. The van der Waals surface area contributed by atoms with Crippen LogP contribution in [0.4, 0.5) is 5.82 Å². The second kappa shape index (κ2) is 13.6. The number of hydrogen-bond donors (Lipinski definition) is 1. The van der Waals surface area contributed by atoms with E-state index in [4.69, 9.17) is 22.4 Å². The molecule has 7 heteroatoms. The second-order valence-corrected chi connectivity index (χ2v) is 11.1. The first-order valence-electron chi connectivity index (χ1n) is 14.0. The topological polar surface area (TPSA) is 61.0 Å². The van der Waals surface area contributed by atoms with Crippen LogP contribution in [0.5, 0.6) is 0 Å². The molecule has 0 bridgehead atoms. The molecule has 2 aliphatic rings. The number of likely N-dealkylation sites (N-methyl/N-ethyl adjacent to an activating group) is 1. The van der Waals surface area contributed by atoms with E-state index in [1.807, 2.05) is 60.8 Å². The molecule has 1 saturated heterocycles. The van der Waals surface area contributed by atoms with Crippen LogP contribution < -0.4 is 5.73 Å². The van der Waals surface area contributed by atoms with E-state index in [9.17, 15) is 0 Å². The number of piperazine rings is 1. The van der Waals surface area contributed by atoms with Crippen molar-refractivity contribution >= 4 is 23.1 Å². The summed E-state index contributed by atoms with van der Waals surface area (Å²) in [6.07, 6.45) is 9.87. The zero-order valence-electron chi connectivity index (χ0n) is 23.8. The van der Waals surface area contributed by atoms with Crippen LogP contribution in [0.3, 0.4) is 0 Å². The predicted octanol–water partition coefficient (Wildman–Crippen LogP) is 6.08. The average Bonchev–Trinajstić information content (AvgIpc) is 3.18. The van der Waals surface area contributed by atoms with E-state index in [2.05, 4.69) is 70.0 Å². The Bertz CT molecular complexity index is 1490. The highest BCUT2D eigenvalue weighted by Gasteiger charge is 2.16. The van der Waals surface area contributed by atoms with E-state index >= 15 is 0 Å². The third-order valence-corrected chi connectivity index (χ3v) is 7.59. The molecule has 41 heavy (non-hydrogen) atoms. The molecule has 0 radical (unpaired) electrons. The third kappa shape index (κ3) is 8.06. The normalized spacial score (nSPS) is 16.3. The van der Waals surface area contributed by atoms with Gasteiger partial charge in [-0.05, 0) is 48.0 Å². The number of aromatic nitrogens is 1. The summed E-state index contributed by atoms with van der Waals surface area (Å²) in [7, 11) is 4.16. The second-order valence-electron chi connectivity index (χ2n) is 10.7. The van der Waals surface area contributed by atoms with Gasteiger partial charge in [0.15, 0.2) is 0 Å². The lowest BCUT2D eigenvalue weighted by atomic mass is 9.98. The molecule has 5 rings (SSSR count). The van der Waals surface area contributed by atoms with Crippen molar-refractivity contribution in [2.24, 2.45) is 5.10 Å². The van der Waals surface area contributed by atoms with Gasteiger partial charge >= 0.3 is 0 Å². The van der Waals surface area contributed by atoms with Crippen LogP contribution in [0.15, 0.2) is 113 Å². The Balaban J connectivity index is 1.42.